The Morgan fingerprint density at radius 2 is 2.00 bits per heavy atom. The molecular formula is C17H16O3. The van der Waals surface area contributed by atoms with E-state index in [1.807, 2.05) is 43.4 Å². The first-order valence-electron chi connectivity index (χ1n) is 6.38. The minimum Gasteiger partial charge on any atom is -0.467 e. The summed E-state index contributed by atoms with van der Waals surface area (Å²) in [6.07, 6.45) is 9.18. The van der Waals surface area contributed by atoms with Crippen LogP contribution in [-0.4, -0.2) is 18.9 Å². The van der Waals surface area contributed by atoms with Crippen LogP contribution < -0.4 is 0 Å². The van der Waals surface area contributed by atoms with Crippen molar-refractivity contribution in [2.45, 2.75) is 6.92 Å². The molecular weight excluding hydrogens is 252 g/mol. The Hall–Kier alpha value is -2.42. The van der Waals surface area contributed by atoms with Gasteiger partial charge in [0.1, 0.15) is 6.61 Å². The summed E-state index contributed by atoms with van der Waals surface area (Å²) < 4.78 is 4.82. The van der Waals surface area contributed by atoms with Gasteiger partial charge in [-0.2, -0.15) is 0 Å². The highest BCUT2D eigenvalue weighted by Gasteiger charge is 2.20. The van der Waals surface area contributed by atoms with Gasteiger partial charge in [0.2, 0.25) is 0 Å². The van der Waals surface area contributed by atoms with E-state index in [1.165, 1.54) is 0 Å². The number of hydrogen-bond donors (Lipinski definition) is 0. The van der Waals surface area contributed by atoms with Crippen LogP contribution in [-0.2, 0) is 9.53 Å². The van der Waals surface area contributed by atoms with Crippen molar-refractivity contribution >= 4 is 12.3 Å². The minimum absolute atomic E-state index is 0.0212. The SMILES string of the molecule is CC1(COC=O)C=CC=C(C(=O)c2ccccc2)C=C1. The largest absolute Gasteiger partial charge is 0.467 e. The van der Waals surface area contributed by atoms with Gasteiger partial charge in [-0.1, -0.05) is 60.7 Å². The number of carbonyl (C=O) groups excluding carboxylic acids is 2. The van der Waals surface area contributed by atoms with Crippen molar-refractivity contribution in [3.8, 4) is 0 Å². The first-order chi connectivity index (χ1) is 9.64. The summed E-state index contributed by atoms with van der Waals surface area (Å²) in [6, 6.07) is 9.14. The summed E-state index contributed by atoms with van der Waals surface area (Å²) in [7, 11) is 0. The Morgan fingerprint density at radius 3 is 2.70 bits per heavy atom. The van der Waals surface area contributed by atoms with Crippen molar-refractivity contribution < 1.29 is 14.3 Å². The molecule has 0 bridgehead atoms. The number of ketones is 1. The number of carbonyl (C=O) groups is 2. The highest BCUT2D eigenvalue weighted by Crippen LogP contribution is 2.25. The molecule has 0 spiro atoms. The van der Waals surface area contributed by atoms with Crippen LogP contribution in [0.15, 0.2) is 66.3 Å². The van der Waals surface area contributed by atoms with Gasteiger partial charge in [0.25, 0.3) is 6.47 Å². The third-order valence-electron chi connectivity index (χ3n) is 3.16. The fraction of sp³-hybridized carbons (Fsp3) is 0.176. The Morgan fingerprint density at radius 1 is 1.25 bits per heavy atom. The molecule has 3 heteroatoms. The maximum atomic E-state index is 12.3. The molecule has 0 saturated heterocycles. The average molecular weight is 268 g/mol. The summed E-state index contributed by atoms with van der Waals surface area (Å²) in [5.41, 5.74) is 0.877. The molecule has 1 aliphatic rings. The molecule has 0 saturated carbocycles. The van der Waals surface area contributed by atoms with Crippen LogP contribution in [0.2, 0.25) is 0 Å². The lowest BCUT2D eigenvalue weighted by Crippen LogP contribution is -2.17. The number of rotatable bonds is 5. The van der Waals surface area contributed by atoms with E-state index in [-0.39, 0.29) is 12.4 Å². The van der Waals surface area contributed by atoms with Crippen molar-refractivity contribution in [3.63, 3.8) is 0 Å². The summed E-state index contributed by atoms with van der Waals surface area (Å²) >= 11 is 0. The van der Waals surface area contributed by atoms with Crippen LogP contribution in [0, 0.1) is 5.41 Å². The van der Waals surface area contributed by atoms with Crippen LogP contribution in [0.3, 0.4) is 0 Å². The second kappa shape index (κ2) is 6.15. The van der Waals surface area contributed by atoms with Crippen molar-refractivity contribution in [1.82, 2.24) is 0 Å². The Balaban J connectivity index is 2.18. The van der Waals surface area contributed by atoms with Crippen LogP contribution >= 0.6 is 0 Å². The normalized spacial score (nSPS) is 20.9. The molecule has 20 heavy (non-hydrogen) atoms. The third kappa shape index (κ3) is 3.32. The van der Waals surface area contributed by atoms with E-state index < -0.39 is 5.41 Å². The monoisotopic (exact) mass is 268 g/mol. The molecule has 1 aliphatic carbocycles. The highest BCUT2D eigenvalue weighted by molar-refractivity contribution is 6.10. The van der Waals surface area contributed by atoms with Crippen molar-refractivity contribution in [2.24, 2.45) is 5.41 Å². The number of hydrogen-bond acceptors (Lipinski definition) is 3. The highest BCUT2D eigenvalue weighted by atomic mass is 16.5. The van der Waals surface area contributed by atoms with Gasteiger partial charge < -0.3 is 4.74 Å². The van der Waals surface area contributed by atoms with Gasteiger partial charge in [0.15, 0.2) is 5.78 Å². The maximum absolute atomic E-state index is 12.3. The molecule has 3 nitrogen and oxygen atoms in total. The van der Waals surface area contributed by atoms with Gasteiger partial charge in [0, 0.05) is 16.6 Å². The molecule has 2 rings (SSSR count). The Kier molecular flexibility index (Phi) is 4.31. The standard InChI is InChI=1S/C17H16O3/c1-17(12-20-13-18)10-5-8-15(9-11-17)16(19)14-6-3-2-4-7-14/h2-11,13H,12H2,1H3. The van der Waals surface area contributed by atoms with Gasteiger partial charge in [-0.05, 0) is 6.92 Å². The molecule has 1 atom stereocenters. The third-order valence-corrected chi connectivity index (χ3v) is 3.16. The predicted molar refractivity (Wildman–Crippen MR) is 77.3 cm³/mol. The summed E-state index contributed by atoms with van der Waals surface area (Å²) in [5, 5.41) is 0. The zero-order valence-electron chi connectivity index (χ0n) is 11.3. The number of allylic oxidation sites excluding steroid dienone is 4. The second-order valence-corrected chi connectivity index (χ2v) is 4.92. The van der Waals surface area contributed by atoms with E-state index in [2.05, 4.69) is 0 Å². The molecule has 1 unspecified atom stereocenters. The van der Waals surface area contributed by atoms with Gasteiger partial charge in [-0.15, -0.1) is 0 Å². The molecule has 0 fully saturated rings. The maximum Gasteiger partial charge on any atom is 0.293 e. The zero-order valence-corrected chi connectivity index (χ0v) is 11.3. The number of Topliss-reactive ketones (excluding diaryl/α,β-unsaturated/α-hetero) is 1. The topological polar surface area (TPSA) is 43.4 Å². The van der Waals surface area contributed by atoms with E-state index in [0.717, 1.165) is 0 Å². The number of benzene rings is 1. The zero-order chi connectivity index (χ0) is 14.4. The van der Waals surface area contributed by atoms with Gasteiger partial charge >= 0.3 is 0 Å². The lowest BCUT2D eigenvalue weighted by atomic mass is 9.91. The van der Waals surface area contributed by atoms with Crippen molar-refractivity contribution in [3.05, 3.63) is 71.8 Å². The molecule has 0 aromatic heterocycles. The fourth-order valence-electron chi connectivity index (χ4n) is 1.98. The molecule has 0 amide bonds. The van der Waals surface area contributed by atoms with Gasteiger partial charge in [-0.25, -0.2) is 0 Å². The van der Waals surface area contributed by atoms with E-state index >= 15 is 0 Å². The van der Waals surface area contributed by atoms with Crippen molar-refractivity contribution in [2.75, 3.05) is 6.61 Å². The lowest BCUT2D eigenvalue weighted by Gasteiger charge is -2.19. The van der Waals surface area contributed by atoms with E-state index in [0.29, 0.717) is 17.6 Å². The molecule has 0 aliphatic heterocycles. The number of ether oxygens (including phenoxy) is 1. The molecule has 1 aromatic carbocycles. The molecule has 0 radical (unpaired) electrons. The quantitative estimate of drug-likeness (QED) is 0.609. The first kappa shape index (κ1) is 14.0. The smallest absolute Gasteiger partial charge is 0.293 e. The average Bonchev–Trinajstić information content (AvgIpc) is 2.68. The van der Waals surface area contributed by atoms with Gasteiger partial charge in [0.05, 0.1) is 0 Å². The molecule has 1 aromatic rings. The fourth-order valence-corrected chi connectivity index (χ4v) is 1.98. The second-order valence-electron chi connectivity index (χ2n) is 4.92. The summed E-state index contributed by atoms with van der Waals surface area (Å²) in [6.45, 7) is 2.62. The molecule has 102 valence electrons. The summed E-state index contributed by atoms with van der Waals surface area (Å²) in [5.74, 6) is -0.0212. The van der Waals surface area contributed by atoms with E-state index in [9.17, 15) is 9.59 Å². The van der Waals surface area contributed by atoms with Crippen LogP contribution in [0.1, 0.15) is 17.3 Å². The van der Waals surface area contributed by atoms with Gasteiger partial charge in [-0.3, -0.25) is 9.59 Å². The lowest BCUT2D eigenvalue weighted by molar-refractivity contribution is -0.130. The van der Waals surface area contributed by atoms with Crippen molar-refractivity contribution in [1.29, 1.82) is 0 Å². The Labute approximate surface area is 118 Å². The minimum atomic E-state index is -0.393. The predicted octanol–water partition coefficient (Wildman–Crippen LogP) is 3.10. The molecule has 0 N–H and O–H groups in total. The first-order valence-corrected chi connectivity index (χ1v) is 6.38. The van der Waals surface area contributed by atoms with Crippen LogP contribution in [0.5, 0.6) is 0 Å². The Bertz CT molecular complexity index is 582. The molecule has 0 heterocycles. The van der Waals surface area contributed by atoms with E-state index in [1.54, 1.807) is 24.3 Å². The van der Waals surface area contributed by atoms with Crippen LogP contribution in [0.4, 0.5) is 0 Å². The van der Waals surface area contributed by atoms with Crippen LogP contribution in [0.25, 0.3) is 0 Å². The summed E-state index contributed by atoms with van der Waals surface area (Å²) in [4.78, 5) is 22.6. The van der Waals surface area contributed by atoms with E-state index in [4.69, 9.17) is 4.74 Å².